The lowest BCUT2D eigenvalue weighted by Gasteiger charge is -2.24. The molecule has 0 saturated carbocycles. The van der Waals surface area contributed by atoms with Gasteiger partial charge in [0, 0.05) is 11.4 Å². The Labute approximate surface area is 140 Å². The third kappa shape index (κ3) is 4.71. The number of nitrogens with one attached hydrogen (secondary N) is 1. The zero-order valence-electron chi connectivity index (χ0n) is 13.6. The summed E-state index contributed by atoms with van der Waals surface area (Å²) in [6.45, 7) is 2.98. The number of ether oxygens (including phenoxy) is 1. The molecule has 0 unspecified atom stereocenters. The number of aromatic hydroxyl groups is 1. The first-order valence-electron chi connectivity index (χ1n) is 7.37. The van der Waals surface area contributed by atoms with Crippen molar-refractivity contribution in [1.29, 1.82) is 0 Å². The Morgan fingerprint density at radius 1 is 1.43 bits per heavy atom. The maximum Gasteiger partial charge on any atom is 0.237 e. The van der Waals surface area contributed by atoms with Gasteiger partial charge in [-0.2, -0.15) is 0 Å². The number of carbonyl (C=O) groups is 1. The fourth-order valence-electron chi connectivity index (χ4n) is 2.19. The van der Waals surface area contributed by atoms with E-state index in [9.17, 15) is 9.90 Å². The van der Waals surface area contributed by atoms with Gasteiger partial charge in [0.15, 0.2) is 11.5 Å². The Bertz CT molecular complexity index is 643. The van der Waals surface area contributed by atoms with Gasteiger partial charge in [0.1, 0.15) is 0 Å². The third-order valence-corrected chi connectivity index (χ3v) is 4.61. The van der Waals surface area contributed by atoms with Crippen molar-refractivity contribution in [2.45, 2.75) is 26.1 Å². The summed E-state index contributed by atoms with van der Waals surface area (Å²) in [5, 5.41) is 14.8. The summed E-state index contributed by atoms with van der Waals surface area (Å²) in [6, 6.07) is 8.97. The summed E-state index contributed by atoms with van der Waals surface area (Å²) in [5.41, 5.74) is 0.920. The standard InChI is InChI=1S/C17H22N2O3S/c1-12(17(21)18-10-14-5-4-8-23-14)19(2)11-13-6-7-16(22-3)15(20)9-13/h4-9,12,20H,10-11H2,1-3H3,(H,18,21)/t12-/m0/s1. The molecule has 0 aliphatic rings. The minimum Gasteiger partial charge on any atom is -0.504 e. The molecule has 124 valence electrons. The van der Waals surface area contributed by atoms with Gasteiger partial charge in [-0.15, -0.1) is 11.3 Å². The predicted molar refractivity (Wildman–Crippen MR) is 91.8 cm³/mol. The van der Waals surface area contributed by atoms with Crippen molar-refractivity contribution in [2.75, 3.05) is 14.2 Å². The van der Waals surface area contributed by atoms with Gasteiger partial charge < -0.3 is 15.2 Å². The molecule has 2 rings (SSSR count). The van der Waals surface area contributed by atoms with Crippen LogP contribution in [0.2, 0.25) is 0 Å². The number of methoxy groups -OCH3 is 1. The van der Waals surface area contributed by atoms with Crippen molar-refractivity contribution in [3.8, 4) is 11.5 Å². The summed E-state index contributed by atoms with van der Waals surface area (Å²) in [5.74, 6) is 0.532. The second-order valence-corrected chi connectivity index (χ2v) is 6.43. The molecular formula is C17H22N2O3S. The lowest BCUT2D eigenvalue weighted by atomic mass is 10.1. The fraction of sp³-hybridized carbons (Fsp3) is 0.353. The SMILES string of the molecule is COc1ccc(CN(C)[C@@H](C)C(=O)NCc2cccs2)cc1O. The zero-order chi connectivity index (χ0) is 16.8. The summed E-state index contributed by atoms with van der Waals surface area (Å²) >= 11 is 1.62. The molecule has 23 heavy (non-hydrogen) atoms. The molecule has 0 aliphatic heterocycles. The van der Waals surface area contributed by atoms with E-state index in [4.69, 9.17) is 4.74 Å². The highest BCUT2D eigenvalue weighted by atomic mass is 32.1. The molecule has 5 nitrogen and oxygen atoms in total. The smallest absolute Gasteiger partial charge is 0.237 e. The molecule has 0 fully saturated rings. The first-order valence-corrected chi connectivity index (χ1v) is 8.25. The van der Waals surface area contributed by atoms with Gasteiger partial charge in [-0.25, -0.2) is 0 Å². The van der Waals surface area contributed by atoms with Gasteiger partial charge in [-0.05, 0) is 43.1 Å². The van der Waals surface area contributed by atoms with Crippen molar-refractivity contribution >= 4 is 17.2 Å². The molecule has 1 heterocycles. The Morgan fingerprint density at radius 2 is 2.22 bits per heavy atom. The van der Waals surface area contributed by atoms with Gasteiger partial charge in [-0.3, -0.25) is 9.69 Å². The van der Waals surface area contributed by atoms with Crippen LogP contribution in [0.3, 0.4) is 0 Å². The predicted octanol–water partition coefficient (Wildman–Crippen LogP) is 2.60. The third-order valence-electron chi connectivity index (χ3n) is 3.73. The number of likely N-dealkylation sites (N-methyl/N-ethyl adjacent to an activating group) is 1. The molecule has 0 saturated heterocycles. The number of rotatable bonds is 7. The van der Waals surface area contributed by atoms with Crippen LogP contribution >= 0.6 is 11.3 Å². The molecule has 0 aliphatic carbocycles. The van der Waals surface area contributed by atoms with E-state index >= 15 is 0 Å². The van der Waals surface area contributed by atoms with Crippen molar-refractivity contribution in [2.24, 2.45) is 0 Å². The first-order chi connectivity index (χ1) is 11.0. The van der Waals surface area contributed by atoms with Crippen LogP contribution in [0.4, 0.5) is 0 Å². The molecule has 0 spiro atoms. The first kappa shape index (κ1) is 17.3. The molecular weight excluding hydrogens is 312 g/mol. The lowest BCUT2D eigenvalue weighted by molar-refractivity contribution is -0.125. The summed E-state index contributed by atoms with van der Waals surface area (Å²) in [6.07, 6.45) is 0. The number of thiophene rings is 1. The second-order valence-electron chi connectivity index (χ2n) is 5.39. The van der Waals surface area contributed by atoms with E-state index in [1.807, 2.05) is 42.5 Å². The molecule has 6 heteroatoms. The zero-order valence-corrected chi connectivity index (χ0v) is 14.4. The van der Waals surface area contributed by atoms with Crippen LogP contribution in [0.1, 0.15) is 17.4 Å². The number of carbonyl (C=O) groups excluding carboxylic acids is 1. The molecule has 2 N–H and O–H groups in total. The Balaban J connectivity index is 1.89. The second kappa shape index (κ2) is 7.99. The minimum atomic E-state index is -0.265. The molecule has 1 aromatic heterocycles. The number of amides is 1. The van der Waals surface area contributed by atoms with Crippen molar-refractivity contribution in [1.82, 2.24) is 10.2 Å². The maximum absolute atomic E-state index is 12.2. The van der Waals surface area contributed by atoms with Crippen molar-refractivity contribution < 1.29 is 14.6 Å². The highest BCUT2D eigenvalue weighted by molar-refractivity contribution is 7.09. The molecule has 2 aromatic rings. The van der Waals surface area contributed by atoms with E-state index < -0.39 is 0 Å². The Hall–Kier alpha value is -2.05. The van der Waals surface area contributed by atoms with Crippen LogP contribution in [0.15, 0.2) is 35.7 Å². The fourth-order valence-corrected chi connectivity index (χ4v) is 2.84. The van der Waals surface area contributed by atoms with E-state index in [1.54, 1.807) is 23.5 Å². The highest BCUT2D eigenvalue weighted by Gasteiger charge is 2.18. The number of phenols is 1. The van der Waals surface area contributed by atoms with Crippen LogP contribution < -0.4 is 10.1 Å². The monoisotopic (exact) mass is 334 g/mol. The van der Waals surface area contributed by atoms with Crippen LogP contribution in [0.25, 0.3) is 0 Å². The molecule has 1 aromatic carbocycles. The normalized spacial score (nSPS) is 12.2. The lowest BCUT2D eigenvalue weighted by Crippen LogP contribution is -2.42. The topological polar surface area (TPSA) is 61.8 Å². The largest absolute Gasteiger partial charge is 0.504 e. The summed E-state index contributed by atoms with van der Waals surface area (Å²) in [4.78, 5) is 15.3. The van der Waals surface area contributed by atoms with E-state index in [0.29, 0.717) is 18.8 Å². The molecule has 0 radical (unpaired) electrons. The quantitative estimate of drug-likeness (QED) is 0.817. The van der Waals surface area contributed by atoms with Gasteiger partial charge in [-0.1, -0.05) is 12.1 Å². The van der Waals surface area contributed by atoms with Gasteiger partial charge in [0.2, 0.25) is 5.91 Å². The van der Waals surface area contributed by atoms with Crippen molar-refractivity contribution in [3.63, 3.8) is 0 Å². The maximum atomic E-state index is 12.2. The van der Waals surface area contributed by atoms with Gasteiger partial charge in [0.05, 0.1) is 19.7 Å². The average Bonchev–Trinajstić information content (AvgIpc) is 3.05. The minimum absolute atomic E-state index is 0.0152. The van der Waals surface area contributed by atoms with Gasteiger partial charge >= 0.3 is 0 Å². The van der Waals surface area contributed by atoms with Crippen LogP contribution in [0, 0.1) is 0 Å². The number of hydrogen-bond acceptors (Lipinski definition) is 5. The Morgan fingerprint density at radius 3 is 2.83 bits per heavy atom. The highest BCUT2D eigenvalue weighted by Crippen LogP contribution is 2.26. The Kier molecular flexibility index (Phi) is 6.01. The van der Waals surface area contributed by atoms with E-state index in [1.165, 1.54) is 7.11 Å². The van der Waals surface area contributed by atoms with Crippen LogP contribution in [-0.2, 0) is 17.9 Å². The number of nitrogens with zero attached hydrogens (tertiary/aromatic N) is 1. The summed E-state index contributed by atoms with van der Waals surface area (Å²) in [7, 11) is 3.40. The van der Waals surface area contributed by atoms with Crippen LogP contribution in [-0.4, -0.2) is 36.1 Å². The van der Waals surface area contributed by atoms with E-state index in [-0.39, 0.29) is 17.7 Å². The van der Waals surface area contributed by atoms with Gasteiger partial charge in [0.25, 0.3) is 0 Å². The number of phenolic OH excluding ortho intramolecular Hbond substituents is 1. The molecule has 1 amide bonds. The molecule has 0 bridgehead atoms. The van der Waals surface area contributed by atoms with Crippen LogP contribution in [0.5, 0.6) is 11.5 Å². The van der Waals surface area contributed by atoms with E-state index in [2.05, 4.69) is 5.32 Å². The van der Waals surface area contributed by atoms with Crippen molar-refractivity contribution in [3.05, 3.63) is 46.2 Å². The molecule has 1 atom stereocenters. The number of benzene rings is 1. The number of hydrogen-bond donors (Lipinski definition) is 2. The average molecular weight is 334 g/mol. The summed E-state index contributed by atoms with van der Waals surface area (Å²) < 4.78 is 5.03. The van der Waals surface area contributed by atoms with E-state index in [0.717, 1.165) is 10.4 Å².